The van der Waals surface area contributed by atoms with Crippen LogP contribution >= 0.6 is 0 Å². The van der Waals surface area contributed by atoms with Crippen molar-refractivity contribution in [3.63, 3.8) is 0 Å². The van der Waals surface area contributed by atoms with Crippen LogP contribution in [0.2, 0.25) is 0 Å². The lowest BCUT2D eigenvalue weighted by atomic mass is 10.2. The van der Waals surface area contributed by atoms with E-state index in [2.05, 4.69) is 20.2 Å². The van der Waals surface area contributed by atoms with Gasteiger partial charge in [-0.25, -0.2) is 9.97 Å². The number of ether oxygens (including phenoxy) is 1. The zero-order valence-corrected chi connectivity index (χ0v) is 15.7. The zero-order chi connectivity index (χ0) is 19.4. The number of aryl methyl sites for hydroxylation is 1. The molecule has 0 atom stereocenters. The molecule has 1 aliphatic heterocycles. The third-order valence-corrected chi connectivity index (χ3v) is 4.52. The lowest BCUT2D eigenvalue weighted by molar-refractivity contribution is -0.129. The SMILES string of the molecule is COc1ccc(C)cc1NC(=O)c1cnc(N2CCN(C(C)=O)CC2)cn1. The van der Waals surface area contributed by atoms with Gasteiger partial charge in [-0.15, -0.1) is 0 Å². The Labute approximate surface area is 158 Å². The Balaban J connectivity index is 1.66. The van der Waals surface area contributed by atoms with Gasteiger partial charge in [0.05, 0.1) is 25.2 Å². The first-order valence-electron chi connectivity index (χ1n) is 8.76. The van der Waals surface area contributed by atoms with E-state index >= 15 is 0 Å². The monoisotopic (exact) mass is 369 g/mol. The highest BCUT2D eigenvalue weighted by molar-refractivity contribution is 6.03. The van der Waals surface area contributed by atoms with E-state index in [1.165, 1.54) is 6.20 Å². The van der Waals surface area contributed by atoms with Gasteiger partial charge >= 0.3 is 0 Å². The molecule has 1 saturated heterocycles. The van der Waals surface area contributed by atoms with Crippen LogP contribution in [0.1, 0.15) is 23.0 Å². The number of benzene rings is 1. The molecule has 0 aliphatic carbocycles. The maximum Gasteiger partial charge on any atom is 0.275 e. The van der Waals surface area contributed by atoms with Crippen molar-refractivity contribution in [2.75, 3.05) is 43.5 Å². The fourth-order valence-electron chi connectivity index (χ4n) is 2.96. The summed E-state index contributed by atoms with van der Waals surface area (Å²) < 4.78 is 5.28. The summed E-state index contributed by atoms with van der Waals surface area (Å²) >= 11 is 0. The molecule has 3 rings (SSSR count). The predicted molar refractivity (Wildman–Crippen MR) is 102 cm³/mol. The molecule has 1 N–H and O–H groups in total. The van der Waals surface area contributed by atoms with E-state index in [0.717, 1.165) is 5.56 Å². The molecule has 0 bridgehead atoms. The summed E-state index contributed by atoms with van der Waals surface area (Å²) in [6, 6.07) is 5.56. The summed E-state index contributed by atoms with van der Waals surface area (Å²) in [4.78, 5) is 36.3. The van der Waals surface area contributed by atoms with Gasteiger partial charge in [-0.05, 0) is 24.6 Å². The number of hydrogen-bond donors (Lipinski definition) is 1. The molecule has 8 nitrogen and oxygen atoms in total. The van der Waals surface area contributed by atoms with Crippen LogP contribution in [0.15, 0.2) is 30.6 Å². The van der Waals surface area contributed by atoms with Crippen molar-refractivity contribution in [1.29, 1.82) is 0 Å². The lowest BCUT2D eigenvalue weighted by Gasteiger charge is -2.34. The minimum atomic E-state index is -0.348. The van der Waals surface area contributed by atoms with Gasteiger partial charge in [-0.2, -0.15) is 0 Å². The van der Waals surface area contributed by atoms with E-state index in [1.807, 2.05) is 19.1 Å². The van der Waals surface area contributed by atoms with E-state index in [9.17, 15) is 9.59 Å². The number of carbonyl (C=O) groups is 2. The van der Waals surface area contributed by atoms with Crippen molar-refractivity contribution in [1.82, 2.24) is 14.9 Å². The molecule has 1 fully saturated rings. The van der Waals surface area contributed by atoms with Gasteiger partial charge in [0.15, 0.2) is 0 Å². The molecule has 0 unspecified atom stereocenters. The number of aromatic nitrogens is 2. The first kappa shape index (κ1) is 18.6. The molecular formula is C19H23N5O3. The molecule has 2 heterocycles. The molecule has 0 radical (unpaired) electrons. The topological polar surface area (TPSA) is 87.7 Å². The molecule has 1 aliphatic rings. The maximum absolute atomic E-state index is 12.5. The third kappa shape index (κ3) is 4.33. The summed E-state index contributed by atoms with van der Waals surface area (Å²) in [6.07, 6.45) is 3.05. The number of hydrogen-bond acceptors (Lipinski definition) is 6. The van der Waals surface area contributed by atoms with Gasteiger partial charge in [-0.1, -0.05) is 6.07 Å². The van der Waals surface area contributed by atoms with Crippen molar-refractivity contribution in [3.8, 4) is 5.75 Å². The van der Waals surface area contributed by atoms with E-state index in [4.69, 9.17) is 4.74 Å². The van der Waals surface area contributed by atoms with Crippen LogP contribution in [0.4, 0.5) is 11.5 Å². The van der Waals surface area contributed by atoms with Crippen LogP contribution in [-0.2, 0) is 4.79 Å². The maximum atomic E-state index is 12.5. The summed E-state index contributed by atoms with van der Waals surface area (Å²) in [5.74, 6) is 1.02. The van der Waals surface area contributed by atoms with Crippen molar-refractivity contribution in [3.05, 3.63) is 41.9 Å². The Morgan fingerprint density at radius 1 is 1.11 bits per heavy atom. The minimum Gasteiger partial charge on any atom is -0.495 e. The van der Waals surface area contributed by atoms with Crippen LogP contribution < -0.4 is 15.0 Å². The first-order chi connectivity index (χ1) is 13.0. The third-order valence-electron chi connectivity index (χ3n) is 4.52. The van der Waals surface area contributed by atoms with Crippen LogP contribution in [0, 0.1) is 6.92 Å². The number of methoxy groups -OCH3 is 1. The summed E-state index contributed by atoms with van der Waals surface area (Å²) in [6.45, 7) is 6.22. The number of nitrogens with zero attached hydrogens (tertiary/aromatic N) is 4. The predicted octanol–water partition coefficient (Wildman–Crippen LogP) is 1.71. The van der Waals surface area contributed by atoms with E-state index < -0.39 is 0 Å². The Morgan fingerprint density at radius 3 is 2.44 bits per heavy atom. The number of rotatable bonds is 4. The Kier molecular flexibility index (Phi) is 5.54. The highest BCUT2D eigenvalue weighted by Crippen LogP contribution is 2.25. The summed E-state index contributed by atoms with van der Waals surface area (Å²) in [5.41, 5.74) is 1.83. The molecule has 2 aromatic rings. The van der Waals surface area contributed by atoms with Crippen molar-refractivity contribution in [2.45, 2.75) is 13.8 Å². The average molecular weight is 369 g/mol. The fourth-order valence-corrected chi connectivity index (χ4v) is 2.96. The number of piperazine rings is 1. The van der Waals surface area contributed by atoms with Gasteiger partial charge in [0.25, 0.3) is 5.91 Å². The standard InChI is InChI=1S/C19H23N5O3/c1-13-4-5-17(27-3)15(10-13)22-19(26)16-11-21-18(12-20-16)24-8-6-23(7-9-24)14(2)25/h4-5,10-12H,6-9H2,1-3H3,(H,22,26). The normalized spacial score (nSPS) is 14.0. The fraction of sp³-hybridized carbons (Fsp3) is 0.368. The summed E-state index contributed by atoms with van der Waals surface area (Å²) in [7, 11) is 1.56. The molecule has 27 heavy (non-hydrogen) atoms. The number of nitrogens with one attached hydrogen (secondary N) is 1. The van der Waals surface area contributed by atoms with Gasteiger partial charge in [-0.3, -0.25) is 9.59 Å². The average Bonchev–Trinajstić information content (AvgIpc) is 2.68. The molecule has 1 aromatic carbocycles. The van der Waals surface area contributed by atoms with Crippen LogP contribution in [-0.4, -0.2) is 60.0 Å². The zero-order valence-electron chi connectivity index (χ0n) is 15.7. The number of carbonyl (C=O) groups excluding carboxylic acids is 2. The first-order valence-corrected chi connectivity index (χ1v) is 8.76. The molecule has 142 valence electrons. The minimum absolute atomic E-state index is 0.0827. The Bertz CT molecular complexity index is 830. The lowest BCUT2D eigenvalue weighted by Crippen LogP contribution is -2.48. The van der Waals surface area contributed by atoms with E-state index in [-0.39, 0.29) is 17.5 Å². The summed E-state index contributed by atoms with van der Waals surface area (Å²) in [5, 5.41) is 2.81. The highest BCUT2D eigenvalue weighted by Gasteiger charge is 2.20. The van der Waals surface area contributed by atoms with E-state index in [0.29, 0.717) is 43.4 Å². The molecule has 0 spiro atoms. The molecule has 0 saturated carbocycles. The second-order valence-electron chi connectivity index (χ2n) is 6.41. The number of anilines is 2. The van der Waals surface area contributed by atoms with Gasteiger partial charge < -0.3 is 19.9 Å². The Morgan fingerprint density at radius 2 is 1.85 bits per heavy atom. The van der Waals surface area contributed by atoms with Crippen molar-refractivity contribution in [2.24, 2.45) is 0 Å². The second-order valence-corrected chi connectivity index (χ2v) is 6.41. The molecule has 1 aromatic heterocycles. The molecule has 2 amide bonds. The number of amides is 2. The molecular weight excluding hydrogens is 346 g/mol. The van der Waals surface area contributed by atoms with Gasteiger partial charge in [0.1, 0.15) is 17.3 Å². The second kappa shape index (κ2) is 8.03. The van der Waals surface area contributed by atoms with Crippen LogP contribution in [0.3, 0.4) is 0 Å². The van der Waals surface area contributed by atoms with Gasteiger partial charge in [0.2, 0.25) is 5.91 Å². The van der Waals surface area contributed by atoms with Crippen molar-refractivity contribution < 1.29 is 14.3 Å². The highest BCUT2D eigenvalue weighted by atomic mass is 16.5. The smallest absolute Gasteiger partial charge is 0.275 e. The molecule has 8 heteroatoms. The Hall–Kier alpha value is -3.16. The quantitative estimate of drug-likeness (QED) is 0.883. The van der Waals surface area contributed by atoms with Crippen LogP contribution in [0.25, 0.3) is 0 Å². The van der Waals surface area contributed by atoms with E-state index in [1.54, 1.807) is 31.2 Å². The van der Waals surface area contributed by atoms with Crippen molar-refractivity contribution >= 4 is 23.3 Å². The largest absolute Gasteiger partial charge is 0.495 e. The van der Waals surface area contributed by atoms with Crippen LogP contribution in [0.5, 0.6) is 5.75 Å². The van der Waals surface area contributed by atoms with Gasteiger partial charge in [0, 0.05) is 33.1 Å².